The zero-order valence-corrected chi connectivity index (χ0v) is 15.5. The molecule has 1 aromatic heterocycles. The van der Waals surface area contributed by atoms with E-state index in [9.17, 15) is 14.4 Å². The Bertz CT molecular complexity index is 806. The molecule has 2 aliphatic carbocycles. The number of nitrogens with one attached hydrogen (secondary N) is 1. The van der Waals surface area contributed by atoms with Crippen LogP contribution in [0.4, 0.5) is 0 Å². The summed E-state index contributed by atoms with van der Waals surface area (Å²) in [7, 11) is 0. The quantitative estimate of drug-likeness (QED) is 0.716. The van der Waals surface area contributed by atoms with Crippen LogP contribution in [0.2, 0.25) is 0 Å². The predicted octanol–water partition coefficient (Wildman–Crippen LogP) is 1.13. The summed E-state index contributed by atoms with van der Waals surface area (Å²) in [5.74, 6) is -0.484. The van der Waals surface area contributed by atoms with E-state index in [2.05, 4.69) is 10.4 Å². The molecule has 8 nitrogen and oxygen atoms in total. The first-order valence-corrected chi connectivity index (χ1v) is 8.89. The van der Waals surface area contributed by atoms with Crippen LogP contribution < -0.4 is 15.6 Å². The van der Waals surface area contributed by atoms with Gasteiger partial charge >= 0.3 is 5.97 Å². The molecule has 2 aliphatic rings. The molecule has 0 spiro atoms. The summed E-state index contributed by atoms with van der Waals surface area (Å²) >= 11 is 0. The summed E-state index contributed by atoms with van der Waals surface area (Å²) in [6.45, 7) is 8.15. The van der Waals surface area contributed by atoms with E-state index in [1.54, 1.807) is 0 Å². The van der Waals surface area contributed by atoms with Gasteiger partial charge in [0.05, 0.1) is 17.6 Å². The Balaban J connectivity index is 1.72. The summed E-state index contributed by atoms with van der Waals surface area (Å²) in [5.41, 5.74) is -1.19. The Labute approximate surface area is 151 Å². The Morgan fingerprint density at radius 1 is 1.35 bits per heavy atom. The Kier molecular flexibility index (Phi) is 4.32. The average Bonchev–Trinajstić information content (AvgIpc) is 3.33. The number of amides is 1. The fourth-order valence-electron chi connectivity index (χ4n) is 3.27. The van der Waals surface area contributed by atoms with Crippen LogP contribution in [-0.4, -0.2) is 38.9 Å². The molecule has 1 amide bonds. The van der Waals surface area contributed by atoms with Gasteiger partial charge in [-0.1, -0.05) is 27.7 Å². The first-order chi connectivity index (χ1) is 12.1. The van der Waals surface area contributed by atoms with E-state index in [0.29, 0.717) is 36.8 Å². The van der Waals surface area contributed by atoms with E-state index in [1.807, 2.05) is 27.7 Å². The summed E-state index contributed by atoms with van der Waals surface area (Å²) < 4.78 is 6.80. The summed E-state index contributed by atoms with van der Waals surface area (Å²) in [5, 5.41) is 16.2. The molecule has 0 aliphatic heterocycles. The second-order valence-corrected chi connectivity index (χ2v) is 8.12. The number of ether oxygens (including phenoxy) is 1. The minimum Gasteiger partial charge on any atom is -0.491 e. The molecule has 1 heterocycles. The fraction of sp³-hybridized carbons (Fsp3) is 0.667. The highest BCUT2D eigenvalue weighted by atomic mass is 16.5. The third-order valence-electron chi connectivity index (χ3n) is 5.06. The van der Waals surface area contributed by atoms with Crippen LogP contribution in [0.1, 0.15) is 52.1 Å². The largest absolute Gasteiger partial charge is 0.491 e. The number of hydrogen-bond acceptors (Lipinski definition) is 5. The first kappa shape index (κ1) is 18.4. The Morgan fingerprint density at radius 3 is 2.50 bits per heavy atom. The standard InChI is InChI=1S/C18H25N3O5/c1-10(2)7-26-12-5-14(23)21(20-15(12)11(3)4)6-13(22)19-18-8-17(18,9-18)16(24)25/h5,10-11H,6-9H2,1-4H3,(H,19,22)(H,24,25). The van der Waals surface area contributed by atoms with Crippen molar-refractivity contribution >= 4 is 11.9 Å². The van der Waals surface area contributed by atoms with Gasteiger partial charge in [0.1, 0.15) is 18.0 Å². The lowest BCUT2D eigenvalue weighted by Gasteiger charge is -2.16. The molecule has 0 aromatic carbocycles. The van der Waals surface area contributed by atoms with Gasteiger partial charge in [-0.2, -0.15) is 5.10 Å². The topological polar surface area (TPSA) is 111 Å². The predicted molar refractivity (Wildman–Crippen MR) is 93.1 cm³/mol. The van der Waals surface area contributed by atoms with Crippen LogP contribution in [-0.2, 0) is 16.1 Å². The average molecular weight is 363 g/mol. The summed E-state index contributed by atoms with van der Waals surface area (Å²) in [6.07, 6.45) is 0.922. The number of nitrogens with zero attached hydrogens (tertiary/aromatic N) is 2. The van der Waals surface area contributed by atoms with E-state index in [4.69, 9.17) is 9.84 Å². The normalized spacial score (nSPS) is 25.8. The number of hydrogen-bond donors (Lipinski definition) is 2. The van der Waals surface area contributed by atoms with Gasteiger partial charge in [0.15, 0.2) is 0 Å². The highest BCUT2D eigenvalue weighted by molar-refractivity contribution is 5.91. The van der Waals surface area contributed by atoms with Crippen LogP contribution in [0.5, 0.6) is 5.75 Å². The number of carboxylic acids is 1. The number of carbonyl (C=O) groups excluding carboxylic acids is 1. The second kappa shape index (κ2) is 6.10. The van der Waals surface area contributed by atoms with Crippen LogP contribution in [0.25, 0.3) is 0 Å². The SMILES string of the molecule is CC(C)COc1cc(=O)n(CC(=O)NC23CC2(C(=O)O)C3)nc1C(C)C. The minimum atomic E-state index is -0.873. The number of rotatable bonds is 8. The zero-order chi connectivity index (χ0) is 19.3. The fourth-order valence-corrected chi connectivity index (χ4v) is 3.27. The summed E-state index contributed by atoms with van der Waals surface area (Å²) in [6, 6.07) is 1.37. The maximum absolute atomic E-state index is 12.3. The van der Waals surface area contributed by atoms with Crippen LogP contribution in [0.15, 0.2) is 10.9 Å². The van der Waals surface area contributed by atoms with Gasteiger partial charge in [-0.15, -0.1) is 0 Å². The third kappa shape index (κ3) is 3.08. The van der Waals surface area contributed by atoms with E-state index < -0.39 is 28.4 Å². The second-order valence-electron chi connectivity index (χ2n) is 8.12. The monoisotopic (exact) mass is 363 g/mol. The van der Waals surface area contributed by atoms with Gasteiger partial charge in [0, 0.05) is 12.0 Å². The molecule has 0 unspecified atom stereocenters. The molecule has 142 valence electrons. The first-order valence-electron chi connectivity index (χ1n) is 8.89. The number of aliphatic carboxylic acids is 1. The van der Waals surface area contributed by atoms with E-state index in [0.717, 1.165) is 4.68 Å². The number of carboxylic acid groups (broad SMARTS) is 1. The Hall–Kier alpha value is -2.38. The molecule has 8 heteroatoms. The van der Waals surface area contributed by atoms with Gasteiger partial charge in [0.25, 0.3) is 5.56 Å². The maximum atomic E-state index is 12.3. The third-order valence-corrected chi connectivity index (χ3v) is 5.06. The molecule has 2 saturated carbocycles. The number of carbonyl (C=O) groups is 2. The zero-order valence-electron chi connectivity index (χ0n) is 15.5. The van der Waals surface area contributed by atoms with Crippen molar-refractivity contribution in [2.45, 2.75) is 58.5 Å². The van der Waals surface area contributed by atoms with Crippen molar-refractivity contribution in [3.05, 3.63) is 22.1 Å². The van der Waals surface area contributed by atoms with Crippen LogP contribution in [0.3, 0.4) is 0 Å². The lowest BCUT2D eigenvalue weighted by molar-refractivity contribution is -0.140. The van der Waals surface area contributed by atoms with Crippen molar-refractivity contribution in [2.75, 3.05) is 6.61 Å². The lowest BCUT2D eigenvalue weighted by Crippen LogP contribution is -2.37. The van der Waals surface area contributed by atoms with Crippen molar-refractivity contribution in [3.63, 3.8) is 0 Å². The number of aromatic nitrogens is 2. The molecule has 2 N–H and O–H groups in total. The highest BCUT2D eigenvalue weighted by Gasteiger charge is 2.88. The van der Waals surface area contributed by atoms with Crippen molar-refractivity contribution in [1.82, 2.24) is 15.1 Å². The molecule has 0 saturated heterocycles. The van der Waals surface area contributed by atoms with Gasteiger partial charge in [-0.05, 0) is 18.8 Å². The highest BCUT2D eigenvalue weighted by Crippen LogP contribution is 2.78. The molecule has 0 atom stereocenters. The van der Waals surface area contributed by atoms with Crippen molar-refractivity contribution in [3.8, 4) is 5.75 Å². The molecule has 0 radical (unpaired) electrons. The lowest BCUT2D eigenvalue weighted by atomic mass is 10.1. The summed E-state index contributed by atoms with van der Waals surface area (Å²) in [4.78, 5) is 35.7. The molecular formula is C18H25N3O5. The molecule has 2 fully saturated rings. The molecule has 1 aromatic rings. The smallest absolute Gasteiger partial charge is 0.312 e. The van der Waals surface area contributed by atoms with Crippen LogP contribution in [0, 0.1) is 11.3 Å². The maximum Gasteiger partial charge on any atom is 0.312 e. The molecular weight excluding hydrogens is 338 g/mol. The van der Waals surface area contributed by atoms with Gasteiger partial charge in [-0.3, -0.25) is 14.4 Å². The van der Waals surface area contributed by atoms with Gasteiger partial charge in [-0.25, -0.2) is 4.68 Å². The Morgan fingerprint density at radius 2 is 2.00 bits per heavy atom. The van der Waals surface area contributed by atoms with Gasteiger partial charge < -0.3 is 15.2 Å². The van der Waals surface area contributed by atoms with Crippen molar-refractivity contribution in [2.24, 2.45) is 11.3 Å². The van der Waals surface area contributed by atoms with Crippen molar-refractivity contribution in [1.29, 1.82) is 0 Å². The molecule has 26 heavy (non-hydrogen) atoms. The molecule has 3 rings (SSSR count). The minimum absolute atomic E-state index is 0.0252. The van der Waals surface area contributed by atoms with E-state index in [1.165, 1.54) is 6.07 Å². The number of fused-ring (bicyclic) bond motifs is 1. The van der Waals surface area contributed by atoms with Gasteiger partial charge in [0.2, 0.25) is 5.91 Å². The van der Waals surface area contributed by atoms with E-state index >= 15 is 0 Å². The molecule has 0 bridgehead atoms. The van der Waals surface area contributed by atoms with E-state index in [-0.39, 0.29) is 12.5 Å². The van der Waals surface area contributed by atoms with Crippen LogP contribution >= 0.6 is 0 Å². The van der Waals surface area contributed by atoms with Crippen molar-refractivity contribution < 1.29 is 19.4 Å².